The van der Waals surface area contributed by atoms with E-state index in [9.17, 15) is 4.39 Å². The van der Waals surface area contributed by atoms with E-state index < -0.39 is 5.82 Å². The van der Waals surface area contributed by atoms with E-state index in [0.29, 0.717) is 33.0 Å². The van der Waals surface area contributed by atoms with Gasteiger partial charge in [-0.3, -0.25) is 0 Å². The maximum absolute atomic E-state index is 13.1. The summed E-state index contributed by atoms with van der Waals surface area (Å²) in [6.07, 6.45) is 0.807. The van der Waals surface area contributed by atoms with Crippen molar-refractivity contribution in [1.29, 1.82) is 0 Å². The van der Waals surface area contributed by atoms with Crippen LogP contribution in [-0.2, 0) is 20.8 Å². The summed E-state index contributed by atoms with van der Waals surface area (Å²) in [6, 6.07) is 4.69. The molecule has 0 spiro atoms. The Labute approximate surface area is 107 Å². The molecule has 0 saturated heterocycles. The number of hydrogen-bond donors (Lipinski definition) is 1. The molecule has 1 aromatic rings. The Morgan fingerprint density at radius 2 is 1.89 bits per heavy atom. The monoisotopic (exact) mass is 257 g/mol. The molecule has 1 aromatic carbocycles. The van der Waals surface area contributed by atoms with Gasteiger partial charge < -0.3 is 19.9 Å². The molecule has 0 unspecified atom stereocenters. The molecule has 5 heteroatoms. The minimum atomic E-state index is -0.404. The lowest BCUT2D eigenvalue weighted by Gasteiger charge is -2.06. The molecule has 0 aliphatic rings. The highest BCUT2D eigenvalue weighted by molar-refractivity contribution is 5.41. The van der Waals surface area contributed by atoms with Gasteiger partial charge in [-0.15, -0.1) is 0 Å². The summed E-state index contributed by atoms with van der Waals surface area (Å²) >= 11 is 0. The fourth-order valence-electron chi connectivity index (χ4n) is 1.36. The second-order valence-electron chi connectivity index (χ2n) is 3.87. The number of nitrogen functional groups attached to an aromatic ring is 1. The minimum Gasteiger partial charge on any atom is -0.396 e. The summed E-state index contributed by atoms with van der Waals surface area (Å²) < 4.78 is 28.6. The lowest BCUT2D eigenvalue weighted by Crippen LogP contribution is -2.05. The summed E-state index contributed by atoms with van der Waals surface area (Å²) in [4.78, 5) is 0. The predicted octanol–water partition coefficient (Wildman–Crippen LogP) is 1.98. The standard InChI is InChI=1S/C13H20FNO3/c1-16-7-8-17-5-2-6-18-10-11-3-4-13(15)12(14)9-11/h3-4,9H,2,5-8,10,15H2,1H3. The van der Waals surface area contributed by atoms with Crippen LogP contribution in [-0.4, -0.2) is 33.5 Å². The average molecular weight is 257 g/mol. The van der Waals surface area contributed by atoms with E-state index >= 15 is 0 Å². The van der Waals surface area contributed by atoms with Gasteiger partial charge in [-0.05, 0) is 24.1 Å². The van der Waals surface area contributed by atoms with Crippen LogP contribution in [0.4, 0.5) is 10.1 Å². The van der Waals surface area contributed by atoms with Crippen molar-refractivity contribution in [3.05, 3.63) is 29.6 Å². The highest BCUT2D eigenvalue weighted by Crippen LogP contribution is 2.12. The molecule has 0 heterocycles. The zero-order chi connectivity index (χ0) is 13.2. The molecule has 0 fully saturated rings. The minimum absolute atomic E-state index is 0.158. The van der Waals surface area contributed by atoms with Gasteiger partial charge in [0.1, 0.15) is 5.82 Å². The van der Waals surface area contributed by atoms with Gasteiger partial charge in [0, 0.05) is 20.3 Å². The molecular weight excluding hydrogens is 237 g/mol. The van der Waals surface area contributed by atoms with E-state index in [0.717, 1.165) is 12.0 Å². The highest BCUT2D eigenvalue weighted by atomic mass is 19.1. The summed E-state index contributed by atoms with van der Waals surface area (Å²) in [5.41, 5.74) is 6.32. The van der Waals surface area contributed by atoms with Crippen molar-refractivity contribution in [2.45, 2.75) is 13.0 Å². The van der Waals surface area contributed by atoms with Crippen molar-refractivity contribution in [2.24, 2.45) is 0 Å². The van der Waals surface area contributed by atoms with E-state index in [-0.39, 0.29) is 5.69 Å². The maximum Gasteiger partial charge on any atom is 0.146 e. The fourth-order valence-corrected chi connectivity index (χ4v) is 1.36. The normalized spacial score (nSPS) is 10.8. The number of nitrogens with two attached hydrogens (primary N) is 1. The first kappa shape index (κ1) is 14.9. The van der Waals surface area contributed by atoms with Crippen molar-refractivity contribution in [3.8, 4) is 0 Å². The topological polar surface area (TPSA) is 53.7 Å². The van der Waals surface area contributed by atoms with Crippen LogP contribution in [0.5, 0.6) is 0 Å². The number of halogens is 1. The van der Waals surface area contributed by atoms with Crippen LogP contribution in [0.25, 0.3) is 0 Å². The quantitative estimate of drug-likeness (QED) is 0.543. The number of ether oxygens (including phenoxy) is 3. The van der Waals surface area contributed by atoms with Crippen molar-refractivity contribution in [2.75, 3.05) is 39.3 Å². The van der Waals surface area contributed by atoms with E-state index in [1.54, 1.807) is 19.2 Å². The van der Waals surface area contributed by atoms with Crippen molar-refractivity contribution in [1.82, 2.24) is 0 Å². The van der Waals surface area contributed by atoms with E-state index in [1.807, 2.05) is 0 Å². The zero-order valence-corrected chi connectivity index (χ0v) is 10.7. The Bertz CT molecular complexity index is 347. The summed E-state index contributed by atoms with van der Waals surface area (Å²) in [6.45, 7) is 2.80. The highest BCUT2D eigenvalue weighted by Gasteiger charge is 2.00. The smallest absolute Gasteiger partial charge is 0.146 e. The number of methoxy groups -OCH3 is 1. The van der Waals surface area contributed by atoms with Crippen LogP contribution >= 0.6 is 0 Å². The molecule has 4 nitrogen and oxygen atoms in total. The predicted molar refractivity (Wildman–Crippen MR) is 67.8 cm³/mol. The van der Waals surface area contributed by atoms with E-state index in [1.165, 1.54) is 6.07 Å². The first-order chi connectivity index (χ1) is 8.74. The van der Waals surface area contributed by atoms with Crippen molar-refractivity contribution < 1.29 is 18.6 Å². The van der Waals surface area contributed by atoms with Gasteiger partial charge >= 0.3 is 0 Å². The van der Waals surface area contributed by atoms with Gasteiger partial charge in [0.15, 0.2) is 0 Å². The van der Waals surface area contributed by atoms with Crippen LogP contribution in [0.2, 0.25) is 0 Å². The lowest BCUT2D eigenvalue weighted by molar-refractivity contribution is 0.0483. The molecule has 102 valence electrons. The summed E-state index contributed by atoms with van der Waals surface area (Å²) in [5, 5.41) is 0. The average Bonchev–Trinajstić information content (AvgIpc) is 2.37. The van der Waals surface area contributed by atoms with Gasteiger partial charge in [0.05, 0.1) is 25.5 Å². The van der Waals surface area contributed by atoms with Gasteiger partial charge in [0.25, 0.3) is 0 Å². The first-order valence-corrected chi connectivity index (χ1v) is 5.92. The molecule has 0 atom stereocenters. The molecule has 0 amide bonds. The summed E-state index contributed by atoms with van der Waals surface area (Å²) in [5.74, 6) is -0.404. The molecule has 18 heavy (non-hydrogen) atoms. The van der Waals surface area contributed by atoms with Crippen molar-refractivity contribution in [3.63, 3.8) is 0 Å². The molecule has 1 rings (SSSR count). The number of hydrogen-bond acceptors (Lipinski definition) is 4. The van der Waals surface area contributed by atoms with Crippen LogP contribution in [0.15, 0.2) is 18.2 Å². The van der Waals surface area contributed by atoms with Crippen LogP contribution in [0, 0.1) is 5.82 Å². The molecule has 0 aliphatic carbocycles. The van der Waals surface area contributed by atoms with Crippen molar-refractivity contribution >= 4 is 5.69 Å². The fraction of sp³-hybridized carbons (Fsp3) is 0.538. The first-order valence-electron chi connectivity index (χ1n) is 5.92. The summed E-state index contributed by atoms with van der Waals surface area (Å²) in [7, 11) is 1.64. The van der Waals surface area contributed by atoms with E-state index in [2.05, 4.69) is 0 Å². The number of benzene rings is 1. The molecule has 2 N–H and O–H groups in total. The van der Waals surface area contributed by atoms with E-state index in [4.69, 9.17) is 19.9 Å². The largest absolute Gasteiger partial charge is 0.396 e. The Hall–Kier alpha value is -1.17. The van der Waals surface area contributed by atoms with Crippen LogP contribution in [0.1, 0.15) is 12.0 Å². The van der Waals surface area contributed by atoms with Crippen LogP contribution in [0.3, 0.4) is 0 Å². The molecule has 0 radical (unpaired) electrons. The van der Waals surface area contributed by atoms with Gasteiger partial charge in [0.2, 0.25) is 0 Å². The van der Waals surface area contributed by atoms with Gasteiger partial charge in [-0.1, -0.05) is 6.07 Å². The van der Waals surface area contributed by atoms with Crippen LogP contribution < -0.4 is 5.73 Å². The Morgan fingerprint density at radius 1 is 1.11 bits per heavy atom. The number of rotatable bonds is 9. The Balaban J connectivity index is 2.05. The van der Waals surface area contributed by atoms with Gasteiger partial charge in [-0.25, -0.2) is 4.39 Å². The third-order valence-corrected chi connectivity index (χ3v) is 2.34. The zero-order valence-electron chi connectivity index (χ0n) is 10.7. The Morgan fingerprint density at radius 3 is 2.61 bits per heavy atom. The molecule has 0 aromatic heterocycles. The molecule has 0 saturated carbocycles. The van der Waals surface area contributed by atoms with Gasteiger partial charge in [-0.2, -0.15) is 0 Å². The third kappa shape index (κ3) is 5.95. The Kier molecular flexibility index (Phi) is 7.32. The number of anilines is 1. The SMILES string of the molecule is COCCOCCCOCc1ccc(N)c(F)c1. The lowest BCUT2D eigenvalue weighted by atomic mass is 10.2. The second-order valence-corrected chi connectivity index (χ2v) is 3.87. The third-order valence-electron chi connectivity index (χ3n) is 2.34. The molecular formula is C13H20FNO3. The molecule has 0 bridgehead atoms. The second kappa shape index (κ2) is 8.85. The molecule has 0 aliphatic heterocycles. The maximum atomic E-state index is 13.1.